The number of hydrogen-bond acceptors (Lipinski definition) is 2. The number of piperidine rings is 1. The summed E-state index contributed by atoms with van der Waals surface area (Å²) < 4.78 is 0.764. The monoisotopic (exact) mass is 338 g/mol. The van der Waals surface area contributed by atoms with E-state index in [-0.39, 0.29) is 11.8 Å². The van der Waals surface area contributed by atoms with Crippen molar-refractivity contribution in [1.82, 2.24) is 10.2 Å². The highest BCUT2D eigenvalue weighted by Gasteiger charge is 2.16. The molecule has 2 amide bonds. The molecule has 1 aromatic rings. The van der Waals surface area contributed by atoms with E-state index in [2.05, 4.69) is 21.2 Å². The molecule has 1 aliphatic heterocycles. The Balaban J connectivity index is 1.76. The highest BCUT2D eigenvalue weighted by molar-refractivity contribution is 9.10. The Morgan fingerprint density at radius 2 is 1.85 bits per heavy atom. The summed E-state index contributed by atoms with van der Waals surface area (Å²) in [6.45, 7) is 2.10. The number of amides is 2. The number of nitrogens with zero attached hydrogens (tertiary/aromatic N) is 1. The fraction of sp³-hybridized carbons (Fsp3) is 0.467. The van der Waals surface area contributed by atoms with Crippen LogP contribution < -0.4 is 5.32 Å². The van der Waals surface area contributed by atoms with Crippen molar-refractivity contribution in [3.8, 4) is 0 Å². The van der Waals surface area contributed by atoms with E-state index < -0.39 is 0 Å². The van der Waals surface area contributed by atoms with Crippen LogP contribution in [0.2, 0.25) is 0 Å². The topological polar surface area (TPSA) is 49.4 Å². The average molecular weight is 339 g/mol. The van der Waals surface area contributed by atoms with Crippen molar-refractivity contribution < 1.29 is 9.59 Å². The van der Waals surface area contributed by atoms with Crippen LogP contribution in [0.5, 0.6) is 0 Å². The van der Waals surface area contributed by atoms with Gasteiger partial charge in [0.05, 0.1) is 5.56 Å². The molecule has 1 saturated heterocycles. The number of nitrogens with one attached hydrogen (secondary N) is 1. The summed E-state index contributed by atoms with van der Waals surface area (Å²) in [5.41, 5.74) is 0.595. The van der Waals surface area contributed by atoms with Crippen molar-refractivity contribution in [3.63, 3.8) is 0 Å². The third kappa shape index (κ3) is 4.07. The number of benzene rings is 1. The Kier molecular flexibility index (Phi) is 5.59. The largest absolute Gasteiger partial charge is 0.351 e. The molecule has 1 aromatic carbocycles. The van der Waals surface area contributed by atoms with Crippen molar-refractivity contribution in [3.05, 3.63) is 34.3 Å². The fourth-order valence-corrected chi connectivity index (χ4v) is 2.79. The molecular formula is C15H19BrN2O2. The van der Waals surface area contributed by atoms with Gasteiger partial charge in [0.25, 0.3) is 5.91 Å². The quantitative estimate of drug-likeness (QED) is 0.917. The van der Waals surface area contributed by atoms with Crippen LogP contribution in [-0.4, -0.2) is 36.3 Å². The lowest BCUT2D eigenvalue weighted by Crippen LogP contribution is -2.37. The lowest BCUT2D eigenvalue weighted by molar-refractivity contribution is -0.131. The summed E-state index contributed by atoms with van der Waals surface area (Å²) >= 11 is 3.34. The van der Waals surface area contributed by atoms with Gasteiger partial charge in [0.15, 0.2) is 0 Å². The van der Waals surface area contributed by atoms with Crippen molar-refractivity contribution in [2.75, 3.05) is 19.6 Å². The summed E-state index contributed by atoms with van der Waals surface area (Å²) in [6, 6.07) is 7.26. The first-order valence-electron chi connectivity index (χ1n) is 6.99. The van der Waals surface area contributed by atoms with Gasteiger partial charge in [0.1, 0.15) is 0 Å². The van der Waals surface area contributed by atoms with E-state index in [1.54, 1.807) is 6.07 Å². The number of carbonyl (C=O) groups is 2. The van der Waals surface area contributed by atoms with Crippen LogP contribution in [0, 0.1) is 0 Å². The van der Waals surface area contributed by atoms with E-state index in [9.17, 15) is 9.59 Å². The standard InChI is InChI=1S/C15H19BrN2O2/c16-13-7-3-2-6-12(13)15(20)17-9-8-14(19)18-10-4-1-5-11-18/h2-3,6-7H,1,4-5,8-11H2,(H,17,20). The van der Waals surface area contributed by atoms with Crippen molar-refractivity contribution in [2.24, 2.45) is 0 Å². The molecule has 108 valence electrons. The first kappa shape index (κ1) is 15.0. The summed E-state index contributed by atoms with van der Waals surface area (Å²) in [7, 11) is 0. The molecule has 0 unspecified atom stereocenters. The van der Waals surface area contributed by atoms with Gasteiger partial charge in [-0.25, -0.2) is 0 Å². The van der Waals surface area contributed by atoms with Gasteiger partial charge in [0.2, 0.25) is 5.91 Å². The first-order valence-corrected chi connectivity index (χ1v) is 7.78. The second-order valence-electron chi connectivity index (χ2n) is 4.93. The summed E-state index contributed by atoms with van der Waals surface area (Å²) in [5.74, 6) is -0.0129. The van der Waals surface area contributed by atoms with Gasteiger partial charge >= 0.3 is 0 Å². The minimum atomic E-state index is -0.149. The molecule has 0 atom stereocenters. The van der Waals surface area contributed by atoms with Gasteiger partial charge in [-0.3, -0.25) is 9.59 Å². The van der Waals surface area contributed by atoms with Gasteiger partial charge in [0, 0.05) is 30.5 Å². The second-order valence-corrected chi connectivity index (χ2v) is 5.78. The van der Waals surface area contributed by atoms with E-state index in [4.69, 9.17) is 0 Å². The molecule has 1 fully saturated rings. The van der Waals surface area contributed by atoms with Gasteiger partial charge in [-0.2, -0.15) is 0 Å². The summed E-state index contributed by atoms with van der Waals surface area (Å²) in [4.78, 5) is 25.8. The molecule has 5 heteroatoms. The molecule has 0 radical (unpaired) electrons. The maximum absolute atomic E-state index is 12.0. The Bertz CT molecular complexity index is 485. The molecule has 0 spiro atoms. The second kappa shape index (κ2) is 7.43. The van der Waals surface area contributed by atoms with Crippen molar-refractivity contribution in [1.29, 1.82) is 0 Å². The summed E-state index contributed by atoms with van der Waals surface area (Å²) in [6.07, 6.45) is 3.77. The number of carbonyl (C=O) groups excluding carboxylic acids is 2. The third-order valence-electron chi connectivity index (χ3n) is 3.45. The minimum Gasteiger partial charge on any atom is -0.351 e. The normalized spacial score (nSPS) is 14.9. The first-order chi connectivity index (χ1) is 9.68. The van der Waals surface area contributed by atoms with Crippen molar-refractivity contribution >= 4 is 27.7 Å². The average Bonchev–Trinajstić information content (AvgIpc) is 2.48. The van der Waals surface area contributed by atoms with Crippen molar-refractivity contribution in [2.45, 2.75) is 25.7 Å². The SMILES string of the molecule is O=C(NCCC(=O)N1CCCCC1)c1ccccc1Br. The van der Waals surface area contributed by atoms with Crippen LogP contribution in [0.3, 0.4) is 0 Å². The van der Waals surface area contributed by atoms with E-state index >= 15 is 0 Å². The molecule has 0 saturated carbocycles. The molecular weight excluding hydrogens is 320 g/mol. The molecule has 1 aliphatic rings. The molecule has 0 aromatic heterocycles. The van der Waals surface area contributed by atoms with Gasteiger partial charge in [-0.05, 0) is 47.3 Å². The molecule has 1 heterocycles. The predicted molar refractivity (Wildman–Crippen MR) is 81.5 cm³/mol. The molecule has 2 rings (SSSR count). The smallest absolute Gasteiger partial charge is 0.252 e. The molecule has 20 heavy (non-hydrogen) atoms. The van der Waals surface area contributed by atoms with E-state index in [1.165, 1.54) is 6.42 Å². The number of hydrogen-bond donors (Lipinski definition) is 1. The van der Waals surface area contributed by atoms with Crippen LogP contribution in [0.25, 0.3) is 0 Å². The maximum atomic E-state index is 12.0. The number of rotatable bonds is 4. The van der Waals surface area contributed by atoms with Gasteiger partial charge < -0.3 is 10.2 Å². The highest BCUT2D eigenvalue weighted by Crippen LogP contribution is 2.15. The molecule has 0 aliphatic carbocycles. The maximum Gasteiger partial charge on any atom is 0.252 e. The van der Waals surface area contributed by atoms with Gasteiger partial charge in [-0.15, -0.1) is 0 Å². The van der Waals surface area contributed by atoms with Crippen LogP contribution in [0.4, 0.5) is 0 Å². The zero-order chi connectivity index (χ0) is 14.4. The Hall–Kier alpha value is -1.36. The van der Waals surface area contributed by atoms with E-state index in [1.807, 2.05) is 23.1 Å². The van der Waals surface area contributed by atoms with Gasteiger partial charge in [-0.1, -0.05) is 12.1 Å². The Morgan fingerprint density at radius 3 is 2.55 bits per heavy atom. The lowest BCUT2D eigenvalue weighted by Gasteiger charge is -2.26. The van der Waals surface area contributed by atoms with E-state index in [0.29, 0.717) is 18.5 Å². The van der Waals surface area contributed by atoms with E-state index in [0.717, 1.165) is 30.4 Å². The Morgan fingerprint density at radius 1 is 1.15 bits per heavy atom. The predicted octanol–water partition coefficient (Wildman–Crippen LogP) is 2.58. The highest BCUT2D eigenvalue weighted by atomic mass is 79.9. The lowest BCUT2D eigenvalue weighted by atomic mass is 10.1. The summed E-state index contributed by atoms with van der Waals surface area (Å²) in [5, 5.41) is 2.79. The Labute approximate surface area is 127 Å². The third-order valence-corrected chi connectivity index (χ3v) is 4.14. The zero-order valence-corrected chi connectivity index (χ0v) is 13.0. The van der Waals surface area contributed by atoms with Crippen LogP contribution in [0.15, 0.2) is 28.7 Å². The van der Waals surface area contributed by atoms with Crippen LogP contribution in [-0.2, 0) is 4.79 Å². The fourth-order valence-electron chi connectivity index (χ4n) is 2.32. The number of halogens is 1. The van der Waals surface area contributed by atoms with Crippen LogP contribution in [0.1, 0.15) is 36.0 Å². The molecule has 0 bridgehead atoms. The molecule has 1 N–H and O–H groups in total. The van der Waals surface area contributed by atoms with Crippen LogP contribution >= 0.6 is 15.9 Å². The zero-order valence-electron chi connectivity index (χ0n) is 11.4. The minimum absolute atomic E-state index is 0.136. The molecule has 4 nitrogen and oxygen atoms in total. The number of likely N-dealkylation sites (tertiary alicyclic amines) is 1.